The van der Waals surface area contributed by atoms with E-state index in [0.29, 0.717) is 32.8 Å². The van der Waals surface area contributed by atoms with Gasteiger partial charge in [0.25, 0.3) is 0 Å². The van der Waals surface area contributed by atoms with Crippen molar-refractivity contribution in [1.82, 2.24) is 20.5 Å². The van der Waals surface area contributed by atoms with Crippen molar-refractivity contribution in [3.8, 4) is 5.75 Å². The number of carbonyl (C=O) groups excluding carboxylic acids is 2. The Bertz CT molecular complexity index is 855. The van der Waals surface area contributed by atoms with Crippen molar-refractivity contribution < 1.29 is 14.3 Å². The number of para-hydroxylation sites is 1. The summed E-state index contributed by atoms with van der Waals surface area (Å²) in [5.74, 6) is 0.532. The van der Waals surface area contributed by atoms with Crippen LogP contribution in [-0.4, -0.2) is 47.4 Å². The Kier molecular flexibility index (Phi) is 7.19. The number of aryl methyl sites for hydroxylation is 1. The number of nitrogens with one attached hydrogen (secondary N) is 2. The fourth-order valence-corrected chi connectivity index (χ4v) is 3.46. The second kappa shape index (κ2) is 10.0. The first kappa shape index (κ1) is 20.8. The fourth-order valence-electron chi connectivity index (χ4n) is 3.46. The Hall–Kier alpha value is -2.93. The fraction of sp³-hybridized carbons (Fsp3) is 0.409. The standard InChI is InChI=1S/C22H28N4O3/c1-3-29-20-9-5-4-8-17(20)15-26-12-11-24-22(28)19(26)13-21(27)25-14-18-16(2)7-6-10-23-18/h4-10,19H,3,11-15H2,1-2H3,(H,24,28)(H,25,27). The number of hydrogen-bond acceptors (Lipinski definition) is 5. The van der Waals surface area contributed by atoms with Crippen LogP contribution in [0.15, 0.2) is 42.6 Å². The molecule has 1 saturated heterocycles. The molecule has 1 aromatic heterocycles. The molecule has 2 heterocycles. The molecule has 0 spiro atoms. The summed E-state index contributed by atoms with van der Waals surface area (Å²) in [6.07, 6.45) is 1.81. The van der Waals surface area contributed by atoms with E-state index in [-0.39, 0.29) is 18.2 Å². The number of hydrogen-bond donors (Lipinski definition) is 2. The lowest BCUT2D eigenvalue weighted by Crippen LogP contribution is -2.56. The summed E-state index contributed by atoms with van der Waals surface area (Å²) in [7, 11) is 0. The van der Waals surface area contributed by atoms with Gasteiger partial charge in [0.2, 0.25) is 11.8 Å². The monoisotopic (exact) mass is 396 g/mol. The Balaban J connectivity index is 1.65. The Labute approximate surface area is 171 Å². The number of rotatable bonds is 8. The Morgan fingerprint density at radius 2 is 2.14 bits per heavy atom. The lowest BCUT2D eigenvalue weighted by molar-refractivity contribution is -0.134. The van der Waals surface area contributed by atoms with E-state index in [0.717, 1.165) is 22.6 Å². The van der Waals surface area contributed by atoms with Crippen molar-refractivity contribution in [3.63, 3.8) is 0 Å². The smallest absolute Gasteiger partial charge is 0.237 e. The van der Waals surface area contributed by atoms with Crippen LogP contribution in [0.25, 0.3) is 0 Å². The molecule has 0 aliphatic carbocycles. The van der Waals surface area contributed by atoms with E-state index in [1.807, 2.05) is 55.1 Å². The summed E-state index contributed by atoms with van der Waals surface area (Å²) >= 11 is 0. The van der Waals surface area contributed by atoms with Crippen LogP contribution in [0.5, 0.6) is 5.75 Å². The Morgan fingerprint density at radius 3 is 2.93 bits per heavy atom. The lowest BCUT2D eigenvalue weighted by atomic mass is 10.1. The maximum atomic E-state index is 12.5. The molecule has 1 fully saturated rings. The highest BCUT2D eigenvalue weighted by atomic mass is 16.5. The third-order valence-electron chi connectivity index (χ3n) is 5.04. The summed E-state index contributed by atoms with van der Waals surface area (Å²) in [5.41, 5.74) is 2.87. The van der Waals surface area contributed by atoms with E-state index < -0.39 is 6.04 Å². The quantitative estimate of drug-likeness (QED) is 0.711. The van der Waals surface area contributed by atoms with E-state index in [4.69, 9.17) is 4.74 Å². The molecular formula is C22H28N4O3. The van der Waals surface area contributed by atoms with E-state index >= 15 is 0 Å². The van der Waals surface area contributed by atoms with Gasteiger partial charge in [0.15, 0.2) is 0 Å². The zero-order valence-electron chi connectivity index (χ0n) is 17.0. The molecule has 0 bridgehead atoms. The summed E-state index contributed by atoms with van der Waals surface area (Å²) < 4.78 is 5.71. The van der Waals surface area contributed by atoms with Crippen LogP contribution >= 0.6 is 0 Å². The highest BCUT2D eigenvalue weighted by Crippen LogP contribution is 2.22. The van der Waals surface area contributed by atoms with Crippen molar-refractivity contribution >= 4 is 11.8 Å². The van der Waals surface area contributed by atoms with Crippen LogP contribution in [0, 0.1) is 6.92 Å². The molecule has 1 aromatic carbocycles. The second-order valence-corrected chi connectivity index (χ2v) is 7.07. The van der Waals surface area contributed by atoms with E-state index in [1.165, 1.54) is 0 Å². The van der Waals surface area contributed by atoms with E-state index in [9.17, 15) is 9.59 Å². The molecule has 7 nitrogen and oxygen atoms in total. The molecule has 7 heteroatoms. The van der Waals surface area contributed by atoms with Gasteiger partial charge in [-0.1, -0.05) is 24.3 Å². The maximum absolute atomic E-state index is 12.5. The third-order valence-corrected chi connectivity index (χ3v) is 5.04. The Morgan fingerprint density at radius 1 is 1.31 bits per heavy atom. The molecule has 1 atom stereocenters. The minimum absolute atomic E-state index is 0.106. The van der Waals surface area contributed by atoms with Crippen LogP contribution in [0.1, 0.15) is 30.2 Å². The first-order valence-corrected chi connectivity index (χ1v) is 9.98. The molecule has 2 N–H and O–H groups in total. The SMILES string of the molecule is CCOc1ccccc1CN1CCNC(=O)C1CC(=O)NCc1ncccc1C. The average Bonchev–Trinajstić information content (AvgIpc) is 2.71. The van der Waals surface area contributed by atoms with Gasteiger partial charge in [-0.25, -0.2) is 0 Å². The predicted octanol–water partition coefficient (Wildman–Crippen LogP) is 1.80. The van der Waals surface area contributed by atoms with E-state index in [1.54, 1.807) is 6.20 Å². The summed E-state index contributed by atoms with van der Waals surface area (Å²) in [5, 5.41) is 5.76. The summed E-state index contributed by atoms with van der Waals surface area (Å²) in [6, 6.07) is 11.1. The number of nitrogens with zero attached hydrogens (tertiary/aromatic N) is 2. The van der Waals surface area contributed by atoms with Gasteiger partial charge in [-0.3, -0.25) is 19.5 Å². The second-order valence-electron chi connectivity index (χ2n) is 7.07. The van der Waals surface area contributed by atoms with Gasteiger partial charge < -0.3 is 15.4 Å². The number of carbonyl (C=O) groups is 2. The van der Waals surface area contributed by atoms with Gasteiger partial charge in [0, 0.05) is 31.4 Å². The number of amides is 2. The van der Waals surface area contributed by atoms with Crippen LogP contribution in [0.4, 0.5) is 0 Å². The number of benzene rings is 1. The van der Waals surface area contributed by atoms with Gasteiger partial charge in [0.05, 0.1) is 31.3 Å². The highest BCUT2D eigenvalue weighted by molar-refractivity contribution is 5.88. The molecule has 2 amide bonds. The molecule has 29 heavy (non-hydrogen) atoms. The molecule has 1 aliphatic heterocycles. The van der Waals surface area contributed by atoms with Crippen LogP contribution in [0.2, 0.25) is 0 Å². The predicted molar refractivity (Wildman–Crippen MR) is 110 cm³/mol. The van der Waals surface area contributed by atoms with Gasteiger partial charge in [-0.2, -0.15) is 0 Å². The zero-order chi connectivity index (χ0) is 20.6. The molecule has 0 radical (unpaired) electrons. The van der Waals surface area contributed by atoms with Crippen molar-refractivity contribution in [2.45, 2.75) is 39.4 Å². The molecule has 0 saturated carbocycles. The van der Waals surface area contributed by atoms with Crippen molar-refractivity contribution in [1.29, 1.82) is 0 Å². The van der Waals surface area contributed by atoms with Gasteiger partial charge in [-0.15, -0.1) is 0 Å². The van der Waals surface area contributed by atoms with Crippen LogP contribution in [0.3, 0.4) is 0 Å². The van der Waals surface area contributed by atoms with Crippen LogP contribution in [-0.2, 0) is 22.7 Å². The number of ether oxygens (including phenoxy) is 1. The lowest BCUT2D eigenvalue weighted by Gasteiger charge is -2.35. The summed E-state index contributed by atoms with van der Waals surface area (Å²) in [4.78, 5) is 31.4. The summed E-state index contributed by atoms with van der Waals surface area (Å²) in [6.45, 7) is 6.65. The van der Waals surface area contributed by atoms with Crippen molar-refractivity contribution in [2.75, 3.05) is 19.7 Å². The highest BCUT2D eigenvalue weighted by Gasteiger charge is 2.32. The molecule has 1 unspecified atom stereocenters. The molecule has 154 valence electrons. The molecule has 3 rings (SSSR count). The molecular weight excluding hydrogens is 368 g/mol. The minimum atomic E-state index is -0.511. The third kappa shape index (κ3) is 5.54. The topological polar surface area (TPSA) is 83.6 Å². The van der Waals surface area contributed by atoms with Crippen LogP contribution < -0.4 is 15.4 Å². The molecule has 1 aliphatic rings. The number of pyridine rings is 1. The van der Waals surface area contributed by atoms with Crippen molar-refractivity contribution in [3.05, 3.63) is 59.4 Å². The minimum Gasteiger partial charge on any atom is -0.494 e. The maximum Gasteiger partial charge on any atom is 0.237 e. The first-order valence-electron chi connectivity index (χ1n) is 9.98. The van der Waals surface area contributed by atoms with Gasteiger partial charge >= 0.3 is 0 Å². The van der Waals surface area contributed by atoms with E-state index in [2.05, 4.69) is 15.6 Å². The number of aromatic nitrogens is 1. The zero-order valence-corrected chi connectivity index (χ0v) is 17.0. The van der Waals surface area contributed by atoms with Gasteiger partial charge in [-0.05, 0) is 31.5 Å². The average molecular weight is 396 g/mol. The van der Waals surface area contributed by atoms with Gasteiger partial charge in [0.1, 0.15) is 5.75 Å². The van der Waals surface area contributed by atoms with Crippen molar-refractivity contribution in [2.24, 2.45) is 0 Å². The largest absolute Gasteiger partial charge is 0.494 e. The first-order chi connectivity index (χ1) is 14.1. The molecule has 2 aromatic rings. The number of piperazine rings is 1. The normalized spacial score (nSPS) is 16.9.